The van der Waals surface area contributed by atoms with E-state index >= 15 is 0 Å². The fourth-order valence-electron chi connectivity index (χ4n) is 3.15. The van der Waals surface area contributed by atoms with Crippen molar-refractivity contribution in [1.29, 1.82) is 0 Å². The van der Waals surface area contributed by atoms with E-state index in [1.54, 1.807) is 0 Å². The van der Waals surface area contributed by atoms with Crippen molar-refractivity contribution in [2.45, 2.75) is 19.4 Å². The maximum absolute atomic E-state index is 12.9. The molecule has 0 fully saturated rings. The first-order valence-electron chi connectivity index (χ1n) is 9.15. The summed E-state index contributed by atoms with van der Waals surface area (Å²) in [5, 5.41) is 1.21. The molecule has 1 aromatic heterocycles. The monoisotopic (exact) mass is 349 g/mol. The normalized spacial score (nSPS) is 11.2. The summed E-state index contributed by atoms with van der Waals surface area (Å²) in [5.41, 5.74) is 3.51. The number of H-pyrrole nitrogens is 1. The second-order valence-corrected chi connectivity index (χ2v) is 6.96. The van der Waals surface area contributed by atoms with Crippen LogP contribution in [0.4, 0.5) is 0 Å². The minimum Gasteiger partial charge on any atom is -0.361 e. The predicted molar refractivity (Wildman–Crippen MR) is 107 cm³/mol. The lowest BCUT2D eigenvalue weighted by molar-refractivity contribution is -0.131. The number of amides is 1. The molecule has 0 aliphatic rings. The summed E-state index contributed by atoms with van der Waals surface area (Å²) in [4.78, 5) is 20.3. The van der Waals surface area contributed by atoms with Crippen LogP contribution in [0.5, 0.6) is 0 Å². The number of fused-ring (bicyclic) bond motifs is 1. The first kappa shape index (κ1) is 18.2. The van der Waals surface area contributed by atoms with Crippen LogP contribution in [0.2, 0.25) is 0 Å². The third kappa shape index (κ3) is 4.73. The number of hydrogen-bond acceptors (Lipinski definition) is 2. The van der Waals surface area contributed by atoms with Crippen LogP contribution in [0, 0.1) is 0 Å². The summed E-state index contributed by atoms with van der Waals surface area (Å²) in [6.45, 7) is 2.28. The van der Waals surface area contributed by atoms with Gasteiger partial charge in [-0.25, -0.2) is 0 Å². The molecule has 3 aromatic rings. The van der Waals surface area contributed by atoms with Gasteiger partial charge in [0, 0.05) is 43.2 Å². The van der Waals surface area contributed by atoms with Crippen molar-refractivity contribution in [3.8, 4) is 0 Å². The largest absolute Gasteiger partial charge is 0.361 e. The number of likely N-dealkylation sites (N-methyl/N-ethyl adjacent to an activating group) is 1. The number of aryl methyl sites for hydroxylation is 1. The highest BCUT2D eigenvalue weighted by Gasteiger charge is 2.15. The first-order valence-corrected chi connectivity index (χ1v) is 9.15. The number of nitrogens with one attached hydrogen (secondary N) is 1. The fraction of sp³-hybridized carbons (Fsp3) is 0.318. The van der Waals surface area contributed by atoms with Crippen LogP contribution in [0.3, 0.4) is 0 Å². The molecule has 26 heavy (non-hydrogen) atoms. The van der Waals surface area contributed by atoms with Crippen molar-refractivity contribution >= 4 is 16.8 Å². The van der Waals surface area contributed by atoms with Crippen molar-refractivity contribution in [3.05, 3.63) is 71.9 Å². The Balaban J connectivity index is 1.66. The van der Waals surface area contributed by atoms with Gasteiger partial charge < -0.3 is 14.8 Å². The molecular weight excluding hydrogens is 322 g/mol. The maximum Gasteiger partial charge on any atom is 0.223 e. The van der Waals surface area contributed by atoms with E-state index in [9.17, 15) is 4.79 Å². The Kier molecular flexibility index (Phi) is 6.08. The summed E-state index contributed by atoms with van der Waals surface area (Å²) in [6, 6.07) is 18.5. The average Bonchev–Trinajstić information content (AvgIpc) is 3.07. The number of nitrogens with zero attached hydrogens (tertiary/aromatic N) is 2. The third-order valence-electron chi connectivity index (χ3n) is 4.67. The Morgan fingerprint density at radius 1 is 0.962 bits per heavy atom. The van der Waals surface area contributed by atoms with Crippen molar-refractivity contribution in [3.63, 3.8) is 0 Å². The number of para-hydroxylation sites is 1. The van der Waals surface area contributed by atoms with Gasteiger partial charge in [-0.3, -0.25) is 4.79 Å². The van der Waals surface area contributed by atoms with E-state index in [-0.39, 0.29) is 5.91 Å². The quantitative estimate of drug-likeness (QED) is 0.674. The van der Waals surface area contributed by atoms with Crippen LogP contribution in [-0.2, 0) is 17.8 Å². The van der Waals surface area contributed by atoms with Crippen LogP contribution in [0.25, 0.3) is 10.9 Å². The highest BCUT2D eigenvalue weighted by atomic mass is 16.2. The molecule has 1 heterocycles. The van der Waals surface area contributed by atoms with E-state index < -0.39 is 0 Å². The molecule has 136 valence electrons. The lowest BCUT2D eigenvalue weighted by atomic mass is 10.1. The first-order chi connectivity index (χ1) is 12.6. The Morgan fingerprint density at radius 2 is 1.69 bits per heavy atom. The van der Waals surface area contributed by atoms with E-state index in [2.05, 4.69) is 34.1 Å². The van der Waals surface area contributed by atoms with Gasteiger partial charge in [0.05, 0.1) is 0 Å². The van der Waals surface area contributed by atoms with Crippen molar-refractivity contribution < 1.29 is 4.79 Å². The van der Waals surface area contributed by atoms with Crippen LogP contribution < -0.4 is 0 Å². The zero-order chi connectivity index (χ0) is 18.4. The van der Waals surface area contributed by atoms with Gasteiger partial charge in [-0.05, 0) is 37.7 Å². The van der Waals surface area contributed by atoms with E-state index in [1.165, 1.54) is 16.5 Å². The molecule has 0 aliphatic carbocycles. The molecule has 0 bridgehead atoms. The SMILES string of the molecule is CN(C)CCN(Cc1ccccc1)C(=O)CCc1c[nH]c2ccccc12. The van der Waals surface area contributed by atoms with Crippen LogP contribution >= 0.6 is 0 Å². The molecule has 4 heteroatoms. The molecule has 2 aromatic carbocycles. The topological polar surface area (TPSA) is 39.3 Å². The highest BCUT2D eigenvalue weighted by molar-refractivity contribution is 5.84. The van der Waals surface area contributed by atoms with E-state index in [1.807, 2.05) is 55.5 Å². The number of benzene rings is 2. The Bertz CT molecular complexity index is 839. The Morgan fingerprint density at radius 3 is 2.46 bits per heavy atom. The van der Waals surface area contributed by atoms with Gasteiger partial charge in [0.25, 0.3) is 0 Å². The molecule has 1 N–H and O–H groups in total. The second-order valence-electron chi connectivity index (χ2n) is 6.96. The van der Waals surface area contributed by atoms with Gasteiger partial charge in [0.1, 0.15) is 0 Å². The Labute approximate surface area is 155 Å². The summed E-state index contributed by atoms with van der Waals surface area (Å²) >= 11 is 0. The van der Waals surface area contributed by atoms with Gasteiger partial charge in [0.15, 0.2) is 0 Å². The maximum atomic E-state index is 12.9. The van der Waals surface area contributed by atoms with Gasteiger partial charge in [-0.15, -0.1) is 0 Å². The average molecular weight is 349 g/mol. The van der Waals surface area contributed by atoms with Crippen molar-refractivity contribution in [2.24, 2.45) is 0 Å². The molecule has 4 nitrogen and oxygen atoms in total. The number of aromatic amines is 1. The molecule has 0 spiro atoms. The molecule has 0 radical (unpaired) electrons. The molecule has 0 unspecified atom stereocenters. The van der Waals surface area contributed by atoms with Crippen LogP contribution in [0.1, 0.15) is 17.5 Å². The van der Waals surface area contributed by atoms with Gasteiger partial charge in [0.2, 0.25) is 5.91 Å². The highest BCUT2D eigenvalue weighted by Crippen LogP contribution is 2.19. The number of rotatable bonds is 8. The Hall–Kier alpha value is -2.59. The minimum atomic E-state index is 0.209. The van der Waals surface area contributed by atoms with E-state index in [0.29, 0.717) is 13.0 Å². The summed E-state index contributed by atoms with van der Waals surface area (Å²) < 4.78 is 0. The van der Waals surface area contributed by atoms with Gasteiger partial charge >= 0.3 is 0 Å². The van der Waals surface area contributed by atoms with Crippen molar-refractivity contribution in [2.75, 3.05) is 27.2 Å². The second kappa shape index (κ2) is 8.68. The summed E-state index contributed by atoms with van der Waals surface area (Å²) in [6.07, 6.45) is 3.32. The molecule has 0 atom stereocenters. The standard InChI is InChI=1S/C22H27N3O/c1-24(2)14-15-25(17-18-8-4-3-5-9-18)22(26)13-12-19-16-23-21-11-7-6-10-20(19)21/h3-11,16,23H,12-15,17H2,1-2H3. The van der Waals surface area contributed by atoms with Crippen molar-refractivity contribution in [1.82, 2.24) is 14.8 Å². The number of aromatic nitrogens is 1. The molecule has 0 saturated heterocycles. The molecule has 0 saturated carbocycles. The predicted octanol–water partition coefficient (Wildman–Crippen LogP) is 3.69. The number of carbonyl (C=O) groups is 1. The fourth-order valence-corrected chi connectivity index (χ4v) is 3.15. The number of carbonyl (C=O) groups excluding carboxylic acids is 1. The zero-order valence-corrected chi connectivity index (χ0v) is 15.6. The molecule has 3 rings (SSSR count). The molecule has 0 aliphatic heterocycles. The summed E-state index contributed by atoms with van der Waals surface area (Å²) in [5.74, 6) is 0.209. The molecule has 1 amide bonds. The molecular formula is C22H27N3O. The third-order valence-corrected chi connectivity index (χ3v) is 4.67. The lowest BCUT2D eigenvalue weighted by Gasteiger charge is -2.24. The van der Waals surface area contributed by atoms with E-state index in [0.717, 1.165) is 25.0 Å². The number of hydrogen-bond donors (Lipinski definition) is 1. The van der Waals surface area contributed by atoms with Crippen LogP contribution in [-0.4, -0.2) is 47.9 Å². The lowest BCUT2D eigenvalue weighted by Crippen LogP contribution is -2.36. The smallest absolute Gasteiger partial charge is 0.223 e. The minimum absolute atomic E-state index is 0.209. The summed E-state index contributed by atoms with van der Waals surface area (Å²) in [7, 11) is 4.08. The zero-order valence-electron chi connectivity index (χ0n) is 15.6. The van der Waals surface area contributed by atoms with Crippen LogP contribution in [0.15, 0.2) is 60.8 Å². The van der Waals surface area contributed by atoms with Gasteiger partial charge in [-0.2, -0.15) is 0 Å². The van der Waals surface area contributed by atoms with E-state index in [4.69, 9.17) is 0 Å². The van der Waals surface area contributed by atoms with Gasteiger partial charge in [-0.1, -0.05) is 48.5 Å².